The Hall–Kier alpha value is -3.85. The molecule has 0 spiro atoms. The summed E-state index contributed by atoms with van der Waals surface area (Å²) in [6.07, 6.45) is 0. The minimum atomic E-state index is -3.85. The van der Waals surface area contributed by atoms with Gasteiger partial charge in [0.2, 0.25) is 5.91 Å². The lowest BCUT2D eigenvalue weighted by Crippen LogP contribution is -2.32. The lowest BCUT2D eigenvalue weighted by atomic mass is 10.1. The summed E-state index contributed by atoms with van der Waals surface area (Å²) in [4.78, 5) is 24.5. The Morgan fingerprint density at radius 3 is 2.18 bits per heavy atom. The van der Waals surface area contributed by atoms with E-state index in [1.54, 1.807) is 36.4 Å². The molecule has 0 saturated carbocycles. The molecule has 0 unspecified atom stereocenters. The molecule has 3 aromatic carbocycles. The Balaban J connectivity index is 1.59. The fourth-order valence-corrected chi connectivity index (χ4v) is 4.29. The van der Waals surface area contributed by atoms with Crippen LogP contribution in [-0.4, -0.2) is 33.9 Å². The normalized spacial score (nSPS) is 10.9. The van der Waals surface area contributed by atoms with Crippen molar-refractivity contribution in [2.45, 2.75) is 18.7 Å². The van der Waals surface area contributed by atoms with Crippen LogP contribution < -0.4 is 20.1 Å². The number of carbonyl (C=O) groups is 2. The van der Waals surface area contributed by atoms with Crippen LogP contribution in [0.15, 0.2) is 71.6 Å². The van der Waals surface area contributed by atoms with E-state index in [2.05, 4.69) is 15.4 Å². The molecule has 0 heterocycles. The molecule has 0 aliphatic heterocycles. The second-order valence-electron chi connectivity index (χ2n) is 7.44. The molecule has 0 aliphatic rings. The summed E-state index contributed by atoms with van der Waals surface area (Å²) in [5, 5.41) is 5.21. The van der Waals surface area contributed by atoms with Gasteiger partial charge in [-0.05, 0) is 62.4 Å². The number of aryl methyl sites for hydroxylation is 2. The van der Waals surface area contributed by atoms with Crippen LogP contribution in [0, 0.1) is 13.8 Å². The van der Waals surface area contributed by atoms with Gasteiger partial charge in [0, 0.05) is 11.3 Å². The number of rotatable bonds is 8. The SMILES string of the molecule is COc1ccccc1NS(=O)(=O)c1ccc(NC(=O)CNC(=O)c2cc(C)cc(C)c2)cc1. The number of hydrogen-bond donors (Lipinski definition) is 3. The van der Waals surface area contributed by atoms with Crippen molar-refractivity contribution in [3.63, 3.8) is 0 Å². The Bertz CT molecular complexity index is 1250. The van der Waals surface area contributed by atoms with Gasteiger partial charge in [-0.15, -0.1) is 0 Å². The highest BCUT2D eigenvalue weighted by atomic mass is 32.2. The van der Waals surface area contributed by atoms with Gasteiger partial charge in [-0.3, -0.25) is 14.3 Å². The smallest absolute Gasteiger partial charge is 0.262 e. The molecule has 8 nitrogen and oxygen atoms in total. The van der Waals surface area contributed by atoms with Gasteiger partial charge < -0.3 is 15.4 Å². The van der Waals surface area contributed by atoms with Gasteiger partial charge in [-0.2, -0.15) is 0 Å². The zero-order valence-corrected chi connectivity index (χ0v) is 19.3. The largest absolute Gasteiger partial charge is 0.495 e. The van der Waals surface area contributed by atoms with Crippen molar-refractivity contribution in [3.8, 4) is 5.75 Å². The molecule has 0 bridgehead atoms. The molecule has 0 radical (unpaired) electrons. The summed E-state index contributed by atoms with van der Waals surface area (Å²) in [6, 6.07) is 17.8. The number of methoxy groups -OCH3 is 1. The number of amides is 2. The van der Waals surface area contributed by atoms with E-state index >= 15 is 0 Å². The number of carbonyl (C=O) groups excluding carboxylic acids is 2. The first-order valence-corrected chi connectivity index (χ1v) is 11.6. The first kappa shape index (κ1) is 23.8. The third kappa shape index (κ3) is 6.33. The van der Waals surface area contributed by atoms with Gasteiger partial charge in [-0.1, -0.05) is 29.3 Å². The third-order valence-electron chi connectivity index (χ3n) is 4.69. The number of anilines is 2. The predicted octanol–water partition coefficient (Wildman–Crippen LogP) is 3.48. The highest BCUT2D eigenvalue weighted by molar-refractivity contribution is 7.92. The summed E-state index contributed by atoms with van der Waals surface area (Å²) in [6.45, 7) is 3.57. The summed E-state index contributed by atoms with van der Waals surface area (Å²) in [5.74, 6) is -0.385. The van der Waals surface area contributed by atoms with E-state index in [0.29, 0.717) is 22.7 Å². The topological polar surface area (TPSA) is 114 Å². The van der Waals surface area contributed by atoms with Gasteiger partial charge in [0.25, 0.3) is 15.9 Å². The standard InChI is InChI=1S/C24H25N3O5S/c1-16-12-17(2)14-18(13-16)24(29)25-15-23(28)26-19-8-10-20(11-9-19)33(30,31)27-21-6-4-5-7-22(21)32-3/h4-14,27H,15H2,1-3H3,(H,25,29)(H,26,28). The number of para-hydroxylation sites is 2. The molecular formula is C24H25N3O5S. The van der Waals surface area contributed by atoms with E-state index in [4.69, 9.17) is 4.74 Å². The van der Waals surface area contributed by atoms with Crippen LogP contribution in [0.3, 0.4) is 0 Å². The molecule has 0 fully saturated rings. The third-order valence-corrected chi connectivity index (χ3v) is 6.07. The van der Waals surface area contributed by atoms with E-state index in [-0.39, 0.29) is 17.3 Å². The molecule has 9 heteroatoms. The van der Waals surface area contributed by atoms with Gasteiger partial charge in [0.15, 0.2) is 0 Å². The zero-order valence-electron chi connectivity index (χ0n) is 18.5. The second-order valence-corrected chi connectivity index (χ2v) is 9.12. The molecule has 3 aromatic rings. The first-order valence-electron chi connectivity index (χ1n) is 10.1. The summed E-state index contributed by atoms with van der Waals surface area (Å²) in [5.41, 5.74) is 3.12. The Labute approximate surface area is 193 Å². The average Bonchev–Trinajstić information content (AvgIpc) is 2.77. The quantitative estimate of drug-likeness (QED) is 0.469. The van der Waals surface area contributed by atoms with E-state index in [1.807, 2.05) is 19.9 Å². The molecular weight excluding hydrogens is 442 g/mol. The van der Waals surface area contributed by atoms with E-state index in [9.17, 15) is 18.0 Å². The molecule has 3 N–H and O–H groups in total. The van der Waals surface area contributed by atoms with Crippen molar-refractivity contribution in [1.82, 2.24) is 5.32 Å². The predicted molar refractivity (Wildman–Crippen MR) is 127 cm³/mol. The number of nitrogens with one attached hydrogen (secondary N) is 3. The summed E-state index contributed by atoms with van der Waals surface area (Å²) < 4.78 is 33.0. The monoisotopic (exact) mass is 467 g/mol. The average molecular weight is 468 g/mol. The molecule has 33 heavy (non-hydrogen) atoms. The van der Waals surface area contributed by atoms with Crippen LogP contribution in [0.5, 0.6) is 5.75 Å². The maximum Gasteiger partial charge on any atom is 0.262 e. The lowest BCUT2D eigenvalue weighted by Gasteiger charge is -2.12. The lowest BCUT2D eigenvalue weighted by molar-refractivity contribution is -0.115. The fraction of sp³-hybridized carbons (Fsp3) is 0.167. The number of hydrogen-bond acceptors (Lipinski definition) is 5. The minimum Gasteiger partial charge on any atom is -0.495 e. The van der Waals surface area contributed by atoms with Crippen LogP contribution in [0.4, 0.5) is 11.4 Å². The molecule has 0 saturated heterocycles. The van der Waals surface area contributed by atoms with Crippen molar-refractivity contribution < 1.29 is 22.7 Å². The summed E-state index contributed by atoms with van der Waals surface area (Å²) in [7, 11) is -2.40. The van der Waals surface area contributed by atoms with Crippen molar-refractivity contribution >= 4 is 33.2 Å². The Morgan fingerprint density at radius 1 is 0.909 bits per heavy atom. The second kappa shape index (κ2) is 10.2. The van der Waals surface area contributed by atoms with Crippen LogP contribution in [0.1, 0.15) is 21.5 Å². The van der Waals surface area contributed by atoms with Crippen LogP contribution >= 0.6 is 0 Å². The van der Waals surface area contributed by atoms with E-state index in [1.165, 1.54) is 31.4 Å². The van der Waals surface area contributed by atoms with Gasteiger partial charge in [0.05, 0.1) is 24.2 Å². The van der Waals surface area contributed by atoms with Crippen molar-refractivity contribution in [3.05, 3.63) is 83.4 Å². The molecule has 3 rings (SSSR count). The maximum atomic E-state index is 12.7. The Morgan fingerprint density at radius 2 is 1.55 bits per heavy atom. The van der Waals surface area contributed by atoms with E-state index in [0.717, 1.165) is 11.1 Å². The molecule has 0 aliphatic carbocycles. The fourth-order valence-electron chi connectivity index (χ4n) is 3.22. The maximum absolute atomic E-state index is 12.7. The molecule has 0 aromatic heterocycles. The van der Waals surface area contributed by atoms with Gasteiger partial charge in [0.1, 0.15) is 5.75 Å². The number of sulfonamides is 1. The summed E-state index contributed by atoms with van der Waals surface area (Å²) >= 11 is 0. The highest BCUT2D eigenvalue weighted by Crippen LogP contribution is 2.26. The first-order chi connectivity index (χ1) is 15.7. The molecule has 2 amide bonds. The van der Waals surface area contributed by atoms with E-state index < -0.39 is 15.9 Å². The number of ether oxygens (including phenoxy) is 1. The van der Waals surface area contributed by atoms with Crippen LogP contribution in [-0.2, 0) is 14.8 Å². The van der Waals surface area contributed by atoms with Crippen LogP contribution in [0.25, 0.3) is 0 Å². The van der Waals surface area contributed by atoms with Gasteiger partial charge in [-0.25, -0.2) is 8.42 Å². The Kier molecular flexibility index (Phi) is 7.34. The molecule has 0 atom stereocenters. The van der Waals surface area contributed by atoms with Crippen molar-refractivity contribution in [1.29, 1.82) is 0 Å². The minimum absolute atomic E-state index is 0.0227. The van der Waals surface area contributed by atoms with Crippen molar-refractivity contribution in [2.75, 3.05) is 23.7 Å². The molecule has 172 valence electrons. The van der Waals surface area contributed by atoms with Crippen molar-refractivity contribution in [2.24, 2.45) is 0 Å². The number of benzene rings is 3. The highest BCUT2D eigenvalue weighted by Gasteiger charge is 2.16. The zero-order chi connectivity index (χ0) is 24.0. The van der Waals surface area contributed by atoms with Crippen LogP contribution in [0.2, 0.25) is 0 Å². The van der Waals surface area contributed by atoms with Gasteiger partial charge >= 0.3 is 0 Å².